The monoisotopic (exact) mass is 190 g/mol. The maximum atomic E-state index is 10.9. The van der Waals surface area contributed by atoms with Crippen LogP contribution in [-0.4, -0.2) is 24.1 Å². The van der Waals surface area contributed by atoms with Crippen LogP contribution in [-0.2, 0) is 9.53 Å². The molecule has 0 aromatic rings. The number of hydrogen-bond donors (Lipinski definition) is 0. The Hall–Kier alpha value is -0.180. The van der Waals surface area contributed by atoms with E-state index in [0.717, 1.165) is 5.75 Å². The standard InChI is InChI=1S/C9H18O2S/c1-5-11-8(10)6-12-7-9(2,3)4/h5-7H2,1-4H3. The average Bonchev–Trinajstić information content (AvgIpc) is 1.84. The fourth-order valence-electron chi connectivity index (χ4n) is 0.643. The maximum absolute atomic E-state index is 10.9. The van der Waals surface area contributed by atoms with Gasteiger partial charge in [0.1, 0.15) is 0 Å². The molecule has 0 amide bonds. The summed E-state index contributed by atoms with van der Waals surface area (Å²) in [7, 11) is 0. The van der Waals surface area contributed by atoms with Crippen molar-refractivity contribution in [2.75, 3.05) is 18.1 Å². The van der Waals surface area contributed by atoms with Gasteiger partial charge in [0, 0.05) is 0 Å². The van der Waals surface area contributed by atoms with Crippen LogP contribution in [0.3, 0.4) is 0 Å². The van der Waals surface area contributed by atoms with E-state index in [-0.39, 0.29) is 11.4 Å². The van der Waals surface area contributed by atoms with E-state index in [1.807, 2.05) is 6.92 Å². The summed E-state index contributed by atoms with van der Waals surface area (Å²) in [6.07, 6.45) is 0. The van der Waals surface area contributed by atoms with Gasteiger partial charge in [-0.25, -0.2) is 0 Å². The van der Waals surface area contributed by atoms with Gasteiger partial charge >= 0.3 is 5.97 Å². The Labute approximate surface area is 79.1 Å². The smallest absolute Gasteiger partial charge is 0.315 e. The van der Waals surface area contributed by atoms with Crippen LogP contribution in [0.15, 0.2) is 0 Å². The molecule has 0 unspecified atom stereocenters. The zero-order valence-corrected chi connectivity index (χ0v) is 9.16. The molecular formula is C9H18O2S. The van der Waals surface area contributed by atoms with Gasteiger partial charge < -0.3 is 4.74 Å². The molecule has 0 spiro atoms. The van der Waals surface area contributed by atoms with E-state index in [1.165, 1.54) is 0 Å². The largest absolute Gasteiger partial charge is 0.465 e. The second-order valence-corrected chi connectivity index (χ2v) is 4.84. The van der Waals surface area contributed by atoms with Crippen molar-refractivity contribution >= 4 is 17.7 Å². The van der Waals surface area contributed by atoms with Gasteiger partial charge in [-0.2, -0.15) is 0 Å². The van der Waals surface area contributed by atoms with Crippen molar-refractivity contribution in [3.05, 3.63) is 0 Å². The molecule has 0 aliphatic rings. The minimum absolute atomic E-state index is 0.105. The Bertz CT molecular complexity index is 138. The molecule has 0 N–H and O–H groups in total. The first-order chi connectivity index (χ1) is 5.45. The highest BCUT2D eigenvalue weighted by molar-refractivity contribution is 7.99. The molecule has 0 aromatic carbocycles. The van der Waals surface area contributed by atoms with Gasteiger partial charge in [-0.1, -0.05) is 20.8 Å². The predicted octanol–water partition coefficient (Wildman–Crippen LogP) is 2.33. The first-order valence-electron chi connectivity index (χ1n) is 4.19. The molecule has 0 aliphatic carbocycles. The van der Waals surface area contributed by atoms with Crippen LogP contribution in [0, 0.1) is 5.41 Å². The lowest BCUT2D eigenvalue weighted by atomic mass is 10.0. The zero-order chi connectivity index (χ0) is 9.61. The highest BCUT2D eigenvalue weighted by atomic mass is 32.2. The number of carbonyl (C=O) groups excluding carboxylic acids is 1. The third-order valence-corrected chi connectivity index (χ3v) is 2.57. The third kappa shape index (κ3) is 7.92. The maximum Gasteiger partial charge on any atom is 0.315 e. The van der Waals surface area contributed by atoms with Crippen molar-refractivity contribution in [3.63, 3.8) is 0 Å². The molecule has 0 saturated carbocycles. The molecule has 0 saturated heterocycles. The summed E-state index contributed by atoms with van der Waals surface area (Å²) in [6, 6.07) is 0. The number of ether oxygens (including phenoxy) is 1. The van der Waals surface area contributed by atoms with E-state index in [9.17, 15) is 4.79 Å². The number of hydrogen-bond acceptors (Lipinski definition) is 3. The SMILES string of the molecule is CCOC(=O)CSCC(C)(C)C. The normalized spacial score (nSPS) is 11.3. The van der Waals surface area contributed by atoms with E-state index >= 15 is 0 Å². The Balaban J connectivity index is 3.37. The third-order valence-electron chi connectivity index (χ3n) is 1.06. The Morgan fingerprint density at radius 1 is 1.42 bits per heavy atom. The number of carbonyl (C=O) groups is 1. The lowest BCUT2D eigenvalue weighted by Gasteiger charge is -2.16. The summed E-state index contributed by atoms with van der Waals surface area (Å²) >= 11 is 1.63. The molecule has 0 aliphatic heterocycles. The van der Waals surface area contributed by atoms with Crippen molar-refractivity contribution in [1.29, 1.82) is 0 Å². The van der Waals surface area contributed by atoms with E-state index in [0.29, 0.717) is 12.4 Å². The van der Waals surface area contributed by atoms with Crippen LogP contribution in [0.2, 0.25) is 0 Å². The molecular weight excluding hydrogens is 172 g/mol. The van der Waals surface area contributed by atoms with Crippen LogP contribution in [0.1, 0.15) is 27.7 Å². The lowest BCUT2D eigenvalue weighted by Crippen LogP contribution is -2.12. The molecule has 3 heteroatoms. The molecule has 0 fully saturated rings. The van der Waals surface area contributed by atoms with E-state index < -0.39 is 0 Å². The van der Waals surface area contributed by atoms with Gasteiger partial charge in [0.25, 0.3) is 0 Å². The van der Waals surface area contributed by atoms with Crippen LogP contribution >= 0.6 is 11.8 Å². The number of thioether (sulfide) groups is 1. The minimum atomic E-state index is -0.105. The molecule has 0 radical (unpaired) electrons. The van der Waals surface area contributed by atoms with E-state index in [1.54, 1.807) is 11.8 Å². The van der Waals surface area contributed by atoms with Crippen molar-refractivity contribution in [2.45, 2.75) is 27.7 Å². The van der Waals surface area contributed by atoms with Gasteiger partial charge in [-0.05, 0) is 18.1 Å². The minimum Gasteiger partial charge on any atom is -0.465 e. The summed E-state index contributed by atoms with van der Waals surface area (Å²) in [4.78, 5) is 10.9. The molecule has 0 heterocycles. The number of rotatable bonds is 4. The van der Waals surface area contributed by atoms with Crippen LogP contribution in [0.5, 0.6) is 0 Å². The number of esters is 1. The van der Waals surface area contributed by atoms with Crippen molar-refractivity contribution in [1.82, 2.24) is 0 Å². The molecule has 0 bridgehead atoms. The van der Waals surface area contributed by atoms with Crippen molar-refractivity contribution in [2.24, 2.45) is 5.41 Å². The fraction of sp³-hybridized carbons (Fsp3) is 0.889. The first-order valence-corrected chi connectivity index (χ1v) is 5.34. The highest BCUT2D eigenvalue weighted by Gasteiger charge is 2.11. The Kier molecular flexibility index (Phi) is 5.38. The predicted molar refractivity (Wildman–Crippen MR) is 53.4 cm³/mol. The summed E-state index contributed by atoms with van der Waals surface area (Å²) in [5, 5.41) is 0. The van der Waals surface area contributed by atoms with Gasteiger partial charge in [0.15, 0.2) is 0 Å². The van der Waals surface area contributed by atoms with E-state index in [4.69, 9.17) is 4.74 Å². The van der Waals surface area contributed by atoms with Gasteiger partial charge in [0.2, 0.25) is 0 Å². The fourth-order valence-corrected chi connectivity index (χ4v) is 1.61. The lowest BCUT2D eigenvalue weighted by molar-refractivity contribution is -0.139. The summed E-state index contributed by atoms with van der Waals surface area (Å²) in [6.45, 7) is 8.78. The Morgan fingerprint density at radius 3 is 2.42 bits per heavy atom. The zero-order valence-electron chi connectivity index (χ0n) is 8.35. The second kappa shape index (κ2) is 5.46. The quantitative estimate of drug-likeness (QED) is 0.636. The molecule has 0 rings (SSSR count). The molecule has 72 valence electrons. The van der Waals surface area contributed by atoms with Crippen LogP contribution in [0.4, 0.5) is 0 Å². The molecule has 2 nitrogen and oxygen atoms in total. The Morgan fingerprint density at radius 2 is 2.00 bits per heavy atom. The van der Waals surface area contributed by atoms with E-state index in [2.05, 4.69) is 20.8 Å². The average molecular weight is 190 g/mol. The van der Waals surface area contributed by atoms with Crippen LogP contribution in [0.25, 0.3) is 0 Å². The highest BCUT2D eigenvalue weighted by Crippen LogP contribution is 2.20. The van der Waals surface area contributed by atoms with Crippen molar-refractivity contribution < 1.29 is 9.53 Å². The molecule has 0 atom stereocenters. The first kappa shape index (κ1) is 11.8. The summed E-state index contributed by atoms with van der Waals surface area (Å²) in [5.74, 6) is 1.36. The van der Waals surface area contributed by atoms with Crippen LogP contribution < -0.4 is 0 Å². The topological polar surface area (TPSA) is 26.3 Å². The van der Waals surface area contributed by atoms with Gasteiger partial charge in [-0.15, -0.1) is 11.8 Å². The summed E-state index contributed by atoms with van der Waals surface area (Å²) < 4.78 is 4.80. The van der Waals surface area contributed by atoms with Crippen molar-refractivity contribution in [3.8, 4) is 0 Å². The molecule has 12 heavy (non-hydrogen) atoms. The van der Waals surface area contributed by atoms with Gasteiger partial charge in [-0.3, -0.25) is 4.79 Å². The summed E-state index contributed by atoms with van der Waals surface area (Å²) in [5.41, 5.74) is 0.289. The second-order valence-electron chi connectivity index (χ2n) is 3.86. The molecule has 0 aromatic heterocycles. The van der Waals surface area contributed by atoms with Gasteiger partial charge in [0.05, 0.1) is 12.4 Å².